The van der Waals surface area contributed by atoms with E-state index < -0.39 is 0 Å². The lowest BCUT2D eigenvalue weighted by Crippen LogP contribution is -2.46. The van der Waals surface area contributed by atoms with Crippen molar-refractivity contribution in [3.8, 4) is 0 Å². The van der Waals surface area contributed by atoms with Crippen LogP contribution in [0.2, 0.25) is 0 Å². The summed E-state index contributed by atoms with van der Waals surface area (Å²) >= 11 is 0. The normalized spacial score (nSPS) is 23.7. The molecule has 132 valence electrons. The van der Waals surface area contributed by atoms with Gasteiger partial charge in [0.25, 0.3) is 0 Å². The van der Waals surface area contributed by atoms with E-state index in [1.54, 1.807) is 0 Å². The summed E-state index contributed by atoms with van der Waals surface area (Å²) in [6.07, 6.45) is 1.24. The highest BCUT2D eigenvalue weighted by Gasteiger charge is 2.51. The molecular weight excluding hydrogens is 299 g/mol. The second-order valence-electron chi connectivity index (χ2n) is 8.01. The predicted molar refractivity (Wildman–Crippen MR) is 101 cm³/mol. The third-order valence-corrected chi connectivity index (χ3v) is 5.70. The zero-order valence-electron chi connectivity index (χ0n) is 15.8. The van der Waals surface area contributed by atoms with Gasteiger partial charge >= 0.3 is 7.12 Å². The van der Waals surface area contributed by atoms with Crippen LogP contribution >= 0.6 is 0 Å². The van der Waals surface area contributed by atoms with E-state index in [0.29, 0.717) is 0 Å². The van der Waals surface area contributed by atoms with Crippen LogP contribution in [0.25, 0.3) is 0 Å². The third kappa shape index (κ3) is 3.49. The Balaban J connectivity index is 1.63. The molecule has 2 aliphatic heterocycles. The van der Waals surface area contributed by atoms with Gasteiger partial charge in [0.15, 0.2) is 0 Å². The van der Waals surface area contributed by atoms with Crippen LogP contribution in [-0.2, 0) is 9.31 Å². The molecular formula is C19H31BN2O2. The van der Waals surface area contributed by atoms with Crippen LogP contribution in [0.1, 0.15) is 41.0 Å². The minimum Gasteiger partial charge on any atom is -0.399 e. The number of anilines is 1. The van der Waals surface area contributed by atoms with E-state index in [1.807, 2.05) is 0 Å². The van der Waals surface area contributed by atoms with Gasteiger partial charge in [-0.2, -0.15) is 0 Å². The zero-order chi connectivity index (χ0) is 17.4. The van der Waals surface area contributed by atoms with E-state index in [0.717, 1.165) is 31.6 Å². The molecule has 0 aliphatic carbocycles. The van der Waals surface area contributed by atoms with Crippen LogP contribution in [0.15, 0.2) is 24.3 Å². The van der Waals surface area contributed by atoms with E-state index in [9.17, 15) is 0 Å². The fourth-order valence-electron chi connectivity index (χ4n) is 3.37. The molecule has 4 nitrogen and oxygen atoms in total. The monoisotopic (exact) mass is 330 g/mol. The molecule has 2 fully saturated rings. The van der Waals surface area contributed by atoms with Crippen LogP contribution in [0.5, 0.6) is 0 Å². The molecule has 0 saturated carbocycles. The van der Waals surface area contributed by atoms with Crippen molar-refractivity contribution < 1.29 is 9.31 Å². The topological polar surface area (TPSA) is 24.9 Å². The lowest BCUT2D eigenvalue weighted by molar-refractivity contribution is 0.00578. The predicted octanol–water partition coefficient (Wildman–Crippen LogP) is 2.52. The summed E-state index contributed by atoms with van der Waals surface area (Å²) in [5.41, 5.74) is 1.83. The molecule has 5 heteroatoms. The Morgan fingerprint density at radius 3 is 1.96 bits per heavy atom. The van der Waals surface area contributed by atoms with Crippen molar-refractivity contribution in [2.75, 3.05) is 37.6 Å². The molecule has 2 aliphatic rings. The van der Waals surface area contributed by atoms with Crippen LogP contribution < -0.4 is 10.4 Å². The molecule has 0 unspecified atom stereocenters. The summed E-state index contributed by atoms with van der Waals surface area (Å²) in [5, 5.41) is 0. The molecule has 0 N–H and O–H groups in total. The first-order valence-corrected chi connectivity index (χ1v) is 9.25. The Bertz CT molecular complexity index is 535. The van der Waals surface area contributed by atoms with E-state index in [-0.39, 0.29) is 18.3 Å². The maximum Gasteiger partial charge on any atom is 0.494 e. The van der Waals surface area contributed by atoms with Crippen LogP contribution in [-0.4, -0.2) is 55.9 Å². The van der Waals surface area contributed by atoms with Crippen LogP contribution in [0.4, 0.5) is 5.69 Å². The molecule has 0 aromatic heterocycles. The molecule has 1 aromatic carbocycles. The Kier molecular flexibility index (Phi) is 4.96. The molecule has 0 bridgehead atoms. The Labute approximate surface area is 147 Å². The summed E-state index contributed by atoms with van der Waals surface area (Å²) in [6.45, 7) is 16.4. The van der Waals surface area contributed by atoms with Crippen molar-refractivity contribution in [1.29, 1.82) is 0 Å². The van der Waals surface area contributed by atoms with Crippen molar-refractivity contribution in [3.05, 3.63) is 24.3 Å². The summed E-state index contributed by atoms with van der Waals surface area (Å²) in [4.78, 5) is 5.02. The Morgan fingerprint density at radius 1 is 0.917 bits per heavy atom. The zero-order valence-corrected chi connectivity index (χ0v) is 15.8. The summed E-state index contributed by atoms with van der Waals surface area (Å²) < 4.78 is 12.3. The smallest absolute Gasteiger partial charge is 0.399 e. The standard InChI is InChI=1S/C19H31BN2O2/c1-6-11-21-12-14-22(15-13-21)17-9-7-16(8-10-17)20-23-18(2,3)19(4,5)24-20/h7-10H,6,11-15H2,1-5H3. The number of rotatable bonds is 4. The van der Waals surface area contributed by atoms with E-state index in [4.69, 9.17) is 9.31 Å². The quantitative estimate of drug-likeness (QED) is 0.792. The SMILES string of the molecule is CCCN1CCN(c2ccc(B3OC(C)(C)C(C)(C)O3)cc2)CC1. The lowest BCUT2D eigenvalue weighted by atomic mass is 9.79. The summed E-state index contributed by atoms with van der Waals surface area (Å²) in [6, 6.07) is 8.71. The van der Waals surface area contributed by atoms with Crippen LogP contribution in [0, 0.1) is 0 Å². The maximum atomic E-state index is 6.13. The second kappa shape index (κ2) is 6.70. The number of hydrogen-bond donors (Lipinski definition) is 0. The summed E-state index contributed by atoms with van der Waals surface area (Å²) in [7, 11) is -0.273. The highest BCUT2D eigenvalue weighted by atomic mass is 16.7. The fourth-order valence-corrected chi connectivity index (χ4v) is 3.37. The van der Waals surface area contributed by atoms with Crippen molar-refractivity contribution >= 4 is 18.3 Å². The van der Waals surface area contributed by atoms with Gasteiger partial charge in [-0.25, -0.2) is 0 Å². The first-order chi connectivity index (χ1) is 11.3. The highest BCUT2D eigenvalue weighted by molar-refractivity contribution is 6.62. The molecule has 0 spiro atoms. The fraction of sp³-hybridized carbons (Fsp3) is 0.684. The highest BCUT2D eigenvalue weighted by Crippen LogP contribution is 2.36. The minimum atomic E-state index is -0.286. The molecule has 0 amide bonds. The average molecular weight is 330 g/mol. The van der Waals surface area contributed by atoms with Gasteiger partial charge in [0.1, 0.15) is 0 Å². The van der Waals surface area contributed by atoms with E-state index >= 15 is 0 Å². The number of benzene rings is 1. The molecule has 0 atom stereocenters. The first-order valence-electron chi connectivity index (χ1n) is 9.25. The van der Waals surface area contributed by atoms with Crippen molar-refractivity contribution in [2.45, 2.75) is 52.2 Å². The van der Waals surface area contributed by atoms with Gasteiger partial charge in [-0.1, -0.05) is 19.1 Å². The van der Waals surface area contributed by atoms with Gasteiger partial charge in [0.05, 0.1) is 11.2 Å². The Morgan fingerprint density at radius 2 is 1.46 bits per heavy atom. The number of nitrogens with zero attached hydrogens (tertiary/aromatic N) is 2. The van der Waals surface area contributed by atoms with Gasteiger partial charge < -0.3 is 14.2 Å². The van der Waals surface area contributed by atoms with Gasteiger partial charge in [-0.3, -0.25) is 4.90 Å². The molecule has 0 radical (unpaired) electrons. The van der Waals surface area contributed by atoms with E-state index in [1.165, 1.54) is 18.7 Å². The van der Waals surface area contributed by atoms with Crippen molar-refractivity contribution in [3.63, 3.8) is 0 Å². The average Bonchev–Trinajstić information content (AvgIpc) is 2.77. The Hall–Kier alpha value is -1.04. The van der Waals surface area contributed by atoms with Crippen molar-refractivity contribution in [1.82, 2.24) is 4.90 Å². The lowest BCUT2D eigenvalue weighted by Gasteiger charge is -2.36. The number of piperazine rings is 1. The van der Waals surface area contributed by atoms with Crippen molar-refractivity contribution in [2.24, 2.45) is 0 Å². The van der Waals surface area contributed by atoms with Gasteiger partial charge in [-0.15, -0.1) is 0 Å². The number of hydrogen-bond acceptors (Lipinski definition) is 4. The van der Waals surface area contributed by atoms with Gasteiger partial charge in [-0.05, 0) is 58.3 Å². The second-order valence-corrected chi connectivity index (χ2v) is 8.01. The largest absolute Gasteiger partial charge is 0.494 e. The third-order valence-electron chi connectivity index (χ3n) is 5.70. The molecule has 2 heterocycles. The maximum absolute atomic E-state index is 6.13. The van der Waals surface area contributed by atoms with Crippen LogP contribution in [0.3, 0.4) is 0 Å². The molecule has 2 saturated heterocycles. The van der Waals surface area contributed by atoms with Gasteiger partial charge in [0.2, 0.25) is 0 Å². The molecule has 1 aromatic rings. The minimum absolute atomic E-state index is 0.273. The molecule has 3 rings (SSSR count). The first kappa shape index (κ1) is 17.8. The summed E-state index contributed by atoms with van der Waals surface area (Å²) in [5.74, 6) is 0. The van der Waals surface area contributed by atoms with Gasteiger partial charge in [0, 0.05) is 31.9 Å². The van der Waals surface area contributed by atoms with E-state index in [2.05, 4.69) is 68.7 Å². The molecule has 24 heavy (non-hydrogen) atoms.